The Morgan fingerprint density at radius 3 is 2.50 bits per heavy atom. The third-order valence-corrected chi connectivity index (χ3v) is 3.67. The van der Waals surface area contributed by atoms with Gasteiger partial charge in [0, 0.05) is 37.5 Å². The fourth-order valence-electron chi connectivity index (χ4n) is 2.42. The van der Waals surface area contributed by atoms with E-state index in [-0.39, 0.29) is 36.1 Å². The van der Waals surface area contributed by atoms with Crippen LogP contribution in [0.5, 0.6) is 0 Å². The molecule has 0 aromatic heterocycles. The van der Waals surface area contributed by atoms with E-state index in [0.29, 0.717) is 32.1 Å². The van der Waals surface area contributed by atoms with Crippen molar-refractivity contribution in [3.63, 3.8) is 0 Å². The number of nitrogens with one attached hydrogen (secondary N) is 1. The number of rotatable bonds is 8. The van der Waals surface area contributed by atoms with Gasteiger partial charge in [0.25, 0.3) is 0 Å². The summed E-state index contributed by atoms with van der Waals surface area (Å²) in [6, 6.07) is 7.83. The van der Waals surface area contributed by atoms with Gasteiger partial charge in [0.15, 0.2) is 5.96 Å². The summed E-state index contributed by atoms with van der Waals surface area (Å²) in [6.45, 7) is 11.1. The second kappa shape index (κ2) is 12.8. The van der Waals surface area contributed by atoms with Crippen LogP contribution in [0.15, 0.2) is 29.3 Å². The maximum absolute atomic E-state index is 12.3. The van der Waals surface area contributed by atoms with Gasteiger partial charge in [0.1, 0.15) is 5.60 Å². The van der Waals surface area contributed by atoms with Crippen molar-refractivity contribution in [2.75, 3.05) is 25.5 Å². The van der Waals surface area contributed by atoms with Gasteiger partial charge in [-0.25, -0.2) is 4.79 Å². The van der Waals surface area contributed by atoms with Gasteiger partial charge in [-0.2, -0.15) is 0 Å². The van der Waals surface area contributed by atoms with Crippen LogP contribution in [0.25, 0.3) is 0 Å². The fraction of sp³-hybridized carbons (Fsp3) is 0.600. The van der Waals surface area contributed by atoms with Gasteiger partial charge in [-0.3, -0.25) is 4.99 Å². The van der Waals surface area contributed by atoms with Crippen LogP contribution in [0.4, 0.5) is 10.5 Å². The third kappa shape index (κ3) is 10.1. The quantitative estimate of drug-likeness (QED) is 0.239. The predicted octanol–water partition coefficient (Wildman–Crippen LogP) is 4.21. The highest BCUT2D eigenvalue weighted by Crippen LogP contribution is 2.15. The summed E-state index contributed by atoms with van der Waals surface area (Å²) >= 11 is 0. The molecule has 0 spiro atoms. The van der Waals surface area contributed by atoms with Crippen LogP contribution < -0.4 is 11.1 Å². The number of hydrogen-bond acceptors (Lipinski definition) is 4. The minimum atomic E-state index is -0.508. The Morgan fingerprint density at radius 1 is 1.29 bits per heavy atom. The van der Waals surface area contributed by atoms with Crippen LogP contribution in [-0.2, 0) is 16.1 Å². The number of carbonyl (C=O) groups is 1. The van der Waals surface area contributed by atoms with E-state index in [9.17, 15) is 4.79 Å². The number of benzene rings is 1. The van der Waals surface area contributed by atoms with Crippen LogP contribution in [-0.4, -0.2) is 48.8 Å². The first-order chi connectivity index (χ1) is 12.6. The van der Waals surface area contributed by atoms with Crippen molar-refractivity contribution in [2.45, 2.75) is 59.3 Å². The number of hydrogen-bond donors (Lipinski definition) is 2. The first-order valence-electron chi connectivity index (χ1n) is 9.27. The van der Waals surface area contributed by atoms with Gasteiger partial charge in [-0.15, -0.1) is 24.0 Å². The molecule has 0 atom stereocenters. The van der Waals surface area contributed by atoms with E-state index < -0.39 is 5.60 Å². The Labute approximate surface area is 186 Å². The van der Waals surface area contributed by atoms with Crippen LogP contribution in [0.1, 0.15) is 46.6 Å². The van der Waals surface area contributed by atoms with Crippen molar-refractivity contribution >= 4 is 41.7 Å². The summed E-state index contributed by atoms with van der Waals surface area (Å²) < 4.78 is 10.6. The topological polar surface area (TPSA) is 89.2 Å². The molecule has 0 bridgehead atoms. The second-order valence-electron chi connectivity index (χ2n) is 7.60. The normalized spacial score (nSPS) is 11.8. The van der Waals surface area contributed by atoms with Crippen LogP contribution >= 0.6 is 24.0 Å². The molecule has 7 nitrogen and oxygen atoms in total. The molecule has 1 rings (SSSR count). The summed E-state index contributed by atoms with van der Waals surface area (Å²) in [7, 11) is 1.65. The Morgan fingerprint density at radius 2 is 1.93 bits per heavy atom. The Kier molecular flexibility index (Phi) is 12.1. The summed E-state index contributed by atoms with van der Waals surface area (Å²) in [5, 5.41) is 3.10. The number of nitrogens with two attached hydrogens (primary N) is 1. The summed E-state index contributed by atoms with van der Waals surface area (Å²) in [6.07, 6.45) is 0.389. The maximum atomic E-state index is 12.3. The van der Waals surface area contributed by atoms with E-state index in [0.717, 1.165) is 11.3 Å². The second-order valence-corrected chi connectivity index (χ2v) is 7.60. The van der Waals surface area contributed by atoms with Crippen molar-refractivity contribution < 1.29 is 14.3 Å². The lowest BCUT2D eigenvalue weighted by Crippen LogP contribution is -2.41. The van der Waals surface area contributed by atoms with Gasteiger partial charge in [-0.1, -0.05) is 18.2 Å². The van der Waals surface area contributed by atoms with Gasteiger partial charge in [-0.05, 0) is 47.1 Å². The lowest BCUT2D eigenvalue weighted by atomic mass is 10.2. The predicted molar refractivity (Wildman–Crippen MR) is 125 cm³/mol. The van der Waals surface area contributed by atoms with E-state index in [1.165, 1.54) is 0 Å². The van der Waals surface area contributed by atoms with Crippen molar-refractivity contribution in [1.29, 1.82) is 0 Å². The molecule has 0 aliphatic carbocycles. The number of anilines is 1. The van der Waals surface area contributed by atoms with Gasteiger partial charge in [0.05, 0.1) is 6.61 Å². The average molecular weight is 506 g/mol. The summed E-state index contributed by atoms with van der Waals surface area (Å²) in [4.78, 5) is 18.3. The van der Waals surface area contributed by atoms with E-state index in [2.05, 4.69) is 10.3 Å². The summed E-state index contributed by atoms with van der Waals surface area (Å²) in [5.41, 5.74) is 7.36. The zero-order chi connectivity index (χ0) is 20.4. The Hall–Kier alpha value is -1.55. The first-order valence-corrected chi connectivity index (χ1v) is 9.27. The molecule has 3 N–H and O–H groups in total. The molecule has 28 heavy (non-hydrogen) atoms. The van der Waals surface area contributed by atoms with Crippen LogP contribution in [0, 0.1) is 0 Å². The van der Waals surface area contributed by atoms with Gasteiger partial charge >= 0.3 is 6.09 Å². The van der Waals surface area contributed by atoms with Crippen LogP contribution in [0.2, 0.25) is 0 Å². The smallest absolute Gasteiger partial charge is 0.410 e. The number of methoxy groups -OCH3 is 1. The standard InChI is InChI=1S/C20H34N4O3.HI/c1-15(2)24(19(25)27-20(3,4)5)13-9-12-22-18(21)23-17-11-8-7-10-16(17)14-26-6;/h7-8,10-11,15H,9,12-14H2,1-6H3,(H3,21,22,23);1H. The monoisotopic (exact) mass is 506 g/mol. The molecule has 0 radical (unpaired) electrons. The largest absolute Gasteiger partial charge is 0.444 e. The van der Waals surface area contributed by atoms with E-state index >= 15 is 0 Å². The zero-order valence-corrected chi connectivity index (χ0v) is 20.2. The minimum Gasteiger partial charge on any atom is -0.444 e. The lowest BCUT2D eigenvalue weighted by Gasteiger charge is -2.30. The number of carbonyl (C=O) groups excluding carboxylic acids is 1. The summed E-state index contributed by atoms with van der Waals surface area (Å²) in [5.74, 6) is 0.340. The van der Waals surface area contributed by atoms with Crippen molar-refractivity contribution in [3.8, 4) is 0 Å². The Bertz CT molecular complexity index is 630. The molecule has 1 aromatic carbocycles. The highest BCUT2D eigenvalue weighted by Gasteiger charge is 2.23. The van der Waals surface area contributed by atoms with Crippen molar-refractivity contribution in [2.24, 2.45) is 10.7 Å². The number of aliphatic imine (C=N–C) groups is 1. The molecule has 0 saturated heterocycles. The molecule has 0 heterocycles. The third-order valence-electron chi connectivity index (χ3n) is 3.67. The van der Waals surface area contributed by atoms with Gasteiger partial charge in [0.2, 0.25) is 0 Å². The van der Waals surface area contributed by atoms with Crippen LogP contribution in [0.3, 0.4) is 0 Å². The molecule has 0 aliphatic heterocycles. The highest BCUT2D eigenvalue weighted by molar-refractivity contribution is 14.0. The fourth-order valence-corrected chi connectivity index (χ4v) is 2.42. The molecular weight excluding hydrogens is 471 g/mol. The Balaban J connectivity index is 0.00000729. The zero-order valence-electron chi connectivity index (χ0n) is 17.8. The number of ether oxygens (including phenoxy) is 2. The molecule has 0 fully saturated rings. The number of nitrogens with zero attached hydrogens (tertiary/aromatic N) is 2. The minimum absolute atomic E-state index is 0. The van der Waals surface area contributed by atoms with E-state index in [1.807, 2.05) is 58.9 Å². The van der Waals surface area contributed by atoms with Crippen molar-refractivity contribution in [1.82, 2.24) is 4.90 Å². The number of para-hydroxylation sites is 1. The highest BCUT2D eigenvalue weighted by atomic mass is 127. The molecule has 0 saturated carbocycles. The molecule has 0 unspecified atom stereocenters. The average Bonchev–Trinajstić information content (AvgIpc) is 2.54. The molecular formula is C20H35IN4O3. The molecule has 1 amide bonds. The SMILES string of the molecule is COCc1ccccc1NC(N)=NCCCN(C(=O)OC(C)(C)C)C(C)C.I. The number of guanidine groups is 1. The molecule has 160 valence electrons. The molecule has 0 aliphatic rings. The first kappa shape index (κ1) is 26.4. The number of amides is 1. The molecule has 8 heteroatoms. The lowest BCUT2D eigenvalue weighted by molar-refractivity contribution is 0.0190. The maximum Gasteiger partial charge on any atom is 0.410 e. The number of halogens is 1. The molecule has 1 aromatic rings. The van der Waals surface area contributed by atoms with Gasteiger partial charge < -0.3 is 25.4 Å². The van der Waals surface area contributed by atoms with E-state index in [1.54, 1.807) is 12.0 Å². The van der Waals surface area contributed by atoms with E-state index in [4.69, 9.17) is 15.2 Å². The van der Waals surface area contributed by atoms with Crippen molar-refractivity contribution in [3.05, 3.63) is 29.8 Å².